The van der Waals surface area contributed by atoms with Gasteiger partial charge in [-0.25, -0.2) is 0 Å². The number of phenols is 1. The van der Waals surface area contributed by atoms with Crippen molar-refractivity contribution in [2.45, 2.75) is 0 Å². The van der Waals surface area contributed by atoms with Crippen molar-refractivity contribution >= 4 is 5.52 Å². The highest BCUT2D eigenvalue weighted by Gasteiger charge is 2.01. The Kier molecular flexibility index (Phi) is 1.93. The summed E-state index contributed by atoms with van der Waals surface area (Å²) in [6.45, 7) is 0. The molecule has 2 heteroatoms. The lowest BCUT2D eigenvalue weighted by Crippen LogP contribution is -1.88. The second kappa shape index (κ2) is 3.42. The van der Waals surface area contributed by atoms with Gasteiger partial charge in [-0.3, -0.25) is 0 Å². The fourth-order valence-electron chi connectivity index (χ4n) is 1.93. The SMILES string of the molecule is Oc1ccc(-c2cccc3cccn23)cc1. The van der Waals surface area contributed by atoms with Crippen LogP contribution in [0.3, 0.4) is 0 Å². The van der Waals surface area contributed by atoms with Crippen molar-refractivity contribution in [2.75, 3.05) is 0 Å². The predicted octanol–water partition coefficient (Wildman–Crippen LogP) is 3.31. The monoisotopic (exact) mass is 209 g/mol. The Morgan fingerprint density at radius 2 is 1.56 bits per heavy atom. The molecule has 3 rings (SSSR count). The maximum absolute atomic E-state index is 9.27. The third-order valence-electron chi connectivity index (χ3n) is 2.72. The standard InChI is InChI=1S/C14H11NO/c16-13-8-6-11(7-9-13)14-5-1-3-12-4-2-10-15(12)14/h1-10,16H. The Morgan fingerprint density at radius 1 is 0.812 bits per heavy atom. The smallest absolute Gasteiger partial charge is 0.115 e. The first kappa shape index (κ1) is 9.04. The van der Waals surface area contributed by atoms with Crippen LogP contribution in [0.25, 0.3) is 16.8 Å². The van der Waals surface area contributed by atoms with E-state index in [2.05, 4.69) is 22.6 Å². The van der Waals surface area contributed by atoms with Gasteiger partial charge in [-0.2, -0.15) is 0 Å². The fraction of sp³-hybridized carbons (Fsp3) is 0. The van der Waals surface area contributed by atoms with Gasteiger partial charge < -0.3 is 9.51 Å². The summed E-state index contributed by atoms with van der Waals surface area (Å²) in [4.78, 5) is 0. The van der Waals surface area contributed by atoms with Gasteiger partial charge in [0.1, 0.15) is 5.75 Å². The van der Waals surface area contributed by atoms with Crippen molar-refractivity contribution in [2.24, 2.45) is 0 Å². The molecule has 0 radical (unpaired) electrons. The predicted molar refractivity (Wildman–Crippen MR) is 64.5 cm³/mol. The maximum atomic E-state index is 9.27. The Bertz CT molecular complexity index is 623. The van der Waals surface area contributed by atoms with Gasteiger partial charge in [0.05, 0.1) is 5.69 Å². The largest absolute Gasteiger partial charge is 0.508 e. The van der Waals surface area contributed by atoms with E-state index in [1.165, 1.54) is 5.52 Å². The van der Waals surface area contributed by atoms with E-state index in [1.807, 2.05) is 30.5 Å². The number of rotatable bonds is 1. The molecule has 0 saturated carbocycles. The van der Waals surface area contributed by atoms with E-state index >= 15 is 0 Å². The van der Waals surface area contributed by atoms with E-state index in [1.54, 1.807) is 12.1 Å². The number of pyridine rings is 1. The van der Waals surface area contributed by atoms with Crippen molar-refractivity contribution in [3.63, 3.8) is 0 Å². The van der Waals surface area contributed by atoms with Crippen LogP contribution in [0.4, 0.5) is 0 Å². The van der Waals surface area contributed by atoms with Crippen LogP contribution in [0.15, 0.2) is 60.8 Å². The van der Waals surface area contributed by atoms with Gasteiger partial charge in [0.15, 0.2) is 0 Å². The summed E-state index contributed by atoms with van der Waals surface area (Å²) in [6.07, 6.45) is 2.04. The Labute approximate surface area is 93.4 Å². The second-order valence-corrected chi connectivity index (χ2v) is 3.76. The van der Waals surface area contributed by atoms with E-state index in [9.17, 15) is 5.11 Å². The molecule has 1 N–H and O–H groups in total. The molecule has 1 aromatic carbocycles. The lowest BCUT2D eigenvalue weighted by molar-refractivity contribution is 0.475. The molecular weight excluding hydrogens is 198 g/mol. The second-order valence-electron chi connectivity index (χ2n) is 3.76. The Morgan fingerprint density at radius 3 is 2.38 bits per heavy atom. The van der Waals surface area contributed by atoms with Gasteiger partial charge in [-0.05, 0) is 54.1 Å². The molecule has 0 amide bonds. The van der Waals surface area contributed by atoms with E-state index in [-0.39, 0.29) is 0 Å². The van der Waals surface area contributed by atoms with Crippen molar-refractivity contribution in [1.82, 2.24) is 4.40 Å². The minimum atomic E-state index is 0.295. The van der Waals surface area contributed by atoms with Gasteiger partial charge >= 0.3 is 0 Å². The molecule has 0 aliphatic carbocycles. The number of benzene rings is 1. The molecule has 0 aliphatic heterocycles. The molecule has 0 atom stereocenters. The van der Waals surface area contributed by atoms with E-state index in [4.69, 9.17) is 0 Å². The zero-order valence-corrected chi connectivity index (χ0v) is 8.67. The number of hydrogen-bond donors (Lipinski definition) is 1. The van der Waals surface area contributed by atoms with Crippen LogP contribution in [0.2, 0.25) is 0 Å². The van der Waals surface area contributed by atoms with Gasteiger partial charge in [-0.15, -0.1) is 0 Å². The summed E-state index contributed by atoms with van der Waals surface area (Å²) in [5, 5.41) is 9.27. The molecule has 0 saturated heterocycles. The van der Waals surface area contributed by atoms with Crippen molar-refractivity contribution in [1.29, 1.82) is 0 Å². The van der Waals surface area contributed by atoms with Crippen LogP contribution in [-0.4, -0.2) is 9.51 Å². The minimum Gasteiger partial charge on any atom is -0.508 e. The third kappa shape index (κ3) is 1.36. The molecule has 0 bridgehead atoms. The van der Waals surface area contributed by atoms with E-state index in [0.29, 0.717) is 5.75 Å². The highest BCUT2D eigenvalue weighted by Crippen LogP contribution is 2.23. The quantitative estimate of drug-likeness (QED) is 0.653. The highest BCUT2D eigenvalue weighted by molar-refractivity contribution is 5.65. The Hall–Kier alpha value is -2.22. The third-order valence-corrected chi connectivity index (χ3v) is 2.72. The van der Waals surface area contributed by atoms with Crippen LogP contribution in [0.5, 0.6) is 5.75 Å². The van der Waals surface area contributed by atoms with E-state index < -0.39 is 0 Å². The average Bonchev–Trinajstić information content (AvgIpc) is 2.78. The summed E-state index contributed by atoms with van der Waals surface area (Å²) in [5.74, 6) is 0.295. The molecular formula is C14H11NO. The molecule has 3 aromatic rings. The first-order valence-corrected chi connectivity index (χ1v) is 5.20. The van der Waals surface area contributed by atoms with Gasteiger partial charge in [-0.1, -0.05) is 6.07 Å². The summed E-state index contributed by atoms with van der Waals surface area (Å²) in [6, 6.07) is 17.5. The van der Waals surface area contributed by atoms with Crippen molar-refractivity contribution < 1.29 is 5.11 Å². The molecule has 0 unspecified atom stereocenters. The molecule has 2 heterocycles. The zero-order chi connectivity index (χ0) is 11.0. The number of nitrogens with zero attached hydrogens (tertiary/aromatic N) is 1. The van der Waals surface area contributed by atoms with Crippen LogP contribution < -0.4 is 0 Å². The normalized spacial score (nSPS) is 10.8. The zero-order valence-electron chi connectivity index (χ0n) is 8.67. The number of aromatic hydroxyl groups is 1. The van der Waals surface area contributed by atoms with Gasteiger partial charge in [0.2, 0.25) is 0 Å². The summed E-state index contributed by atoms with van der Waals surface area (Å²) >= 11 is 0. The molecule has 0 fully saturated rings. The first-order chi connectivity index (χ1) is 7.84. The molecule has 0 aliphatic rings. The van der Waals surface area contributed by atoms with Crippen LogP contribution >= 0.6 is 0 Å². The number of phenolic OH excluding ortho intramolecular Hbond substituents is 1. The lowest BCUT2D eigenvalue weighted by atomic mass is 10.1. The molecule has 0 spiro atoms. The summed E-state index contributed by atoms with van der Waals surface area (Å²) in [5.41, 5.74) is 3.40. The first-order valence-electron chi connectivity index (χ1n) is 5.20. The van der Waals surface area contributed by atoms with Crippen molar-refractivity contribution in [3.8, 4) is 17.0 Å². The van der Waals surface area contributed by atoms with Crippen LogP contribution in [0.1, 0.15) is 0 Å². The van der Waals surface area contributed by atoms with Gasteiger partial charge in [0.25, 0.3) is 0 Å². The highest BCUT2D eigenvalue weighted by atomic mass is 16.3. The topological polar surface area (TPSA) is 24.6 Å². The Balaban J connectivity index is 2.25. The summed E-state index contributed by atoms with van der Waals surface area (Å²) in [7, 11) is 0. The average molecular weight is 209 g/mol. The van der Waals surface area contributed by atoms with Crippen LogP contribution in [0, 0.1) is 0 Å². The minimum absolute atomic E-state index is 0.295. The molecule has 78 valence electrons. The number of fused-ring (bicyclic) bond motifs is 1. The molecule has 2 aromatic heterocycles. The van der Waals surface area contributed by atoms with Crippen molar-refractivity contribution in [3.05, 3.63) is 60.8 Å². The van der Waals surface area contributed by atoms with E-state index in [0.717, 1.165) is 11.3 Å². The van der Waals surface area contributed by atoms with Gasteiger partial charge in [0, 0.05) is 11.7 Å². The molecule has 2 nitrogen and oxygen atoms in total. The maximum Gasteiger partial charge on any atom is 0.115 e. The number of hydrogen-bond acceptors (Lipinski definition) is 1. The fourth-order valence-corrected chi connectivity index (χ4v) is 1.93. The number of aromatic nitrogens is 1. The molecule has 16 heavy (non-hydrogen) atoms. The van der Waals surface area contributed by atoms with Crippen LogP contribution in [-0.2, 0) is 0 Å². The summed E-state index contributed by atoms with van der Waals surface area (Å²) < 4.78 is 2.13. The lowest BCUT2D eigenvalue weighted by Gasteiger charge is -2.06.